The van der Waals surface area contributed by atoms with Crippen molar-refractivity contribution in [3.63, 3.8) is 0 Å². The number of hydrogen-bond acceptors (Lipinski definition) is 4. The zero-order valence-electron chi connectivity index (χ0n) is 14.4. The fourth-order valence-electron chi connectivity index (χ4n) is 2.57. The molecule has 2 aromatic carbocycles. The number of nitrogens with zero attached hydrogens (tertiary/aromatic N) is 1. The second-order valence-electron chi connectivity index (χ2n) is 5.59. The highest BCUT2D eigenvalue weighted by Crippen LogP contribution is 2.30. The highest BCUT2D eigenvalue weighted by Gasteiger charge is 2.08. The van der Waals surface area contributed by atoms with E-state index in [0.717, 1.165) is 26.6 Å². The predicted molar refractivity (Wildman–Crippen MR) is 105 cm³/mol. The second kappa shape index (κ2) is 8.05. The van der Waals surface area contributed by atoms with Crippen LogP contribution in [0.3, 0.4) is 0 Å². The number of fused-ring (bicyclic) bond motifs is 1. The molecule has 7 heteroatoms. The lowest BCUT2D eigenvalue weighted by Gasteiger charge is -2.10. The summed E-state index contributed by atoms with van der Waals surface area (Å²) in [6, 6.07) is 13.2. The van der Waals surface area contributed by atoms with Gasteiger partial charge in [-0.2, -0.15) is 5.10 Å². The first kappa shape index (κ1) is 18.0. The third-order valence-corrected chi connectivity index (χ3v) is 4.30. The molecule has 0 bridgehead atoms. The van der Waals surface area contributed by atoms with Crippen LogP contribution in [-0.4, -0.2) is 30.8 Å². The van der Waals surface area contributed by atoms with Gasteiger partial charge >= 0.3 is 0 Å². The molecule has 0 fully saturated rings. The van der Waals surface area contributed by atoms with Crippen molar-refractivity contribution in [2.24, 2.45) is 5.10 Å². The molecule has 6 nitrogen and oxygen atoms in total. The van der Waals surface area contributed by atoms with Crippen molar-refractivity contribution in [3.05, 3.63) is 58.2 Å². The number of aromatic amines is 1. The molecule has 26 heavy (non-hydrogen) atoms. The maximum absolute atomic E-state index is 12.0. The van der Waals surface area contributed by atoms with Gasteiger partial charge in [-0.3, -0.25) is 4.79 Å². The molecule has 3 rings (SSSR count). The Labute approximate surface area is 159 Å². The lowest BCUT2D eigenvalue weighted by molar-refractivity contribution is -0.123. The van der Waals surface area contributed by atoms with E-state index in [-0.39, 0.29) is 12.5 Å². The molecule has 0 aliphatic rings. The van der Waals surface area contributed by atoms with E-state index in [4.69, 9.17) is 9.47 Å². The van der Waals surface area contributed by atoms with Gasteiger partial charge in [-0.1, -0.05) is 34.1 Å². The Bertz CT molecular complexity index is 966. The summed E-state index contributed by atoms with van der Waals surface area (Å²) < 4.78 is 11.6. The van der Waals surface area contributed by atoms with E-state index >= 15 is 0 Å². The van der Waals surface area contributed by atoms with Gasteiger partial charge in [-0.25, -0.2) is 5.43 Å². The number of nitrogens with one attached hydrogen (secondary N) is 2. The minimum atomic E-state index is -0.358. The van der Waals surface area contributed by atoms with Gasteiger partial charge in [0.15, 0.2) is 18.1 Å². The van der Waals surface area contributed by atoms with Gasteiger partial charge in [-0.05, 0) is 31.2 Å². The molecular weight excluding hydrogens is 398 g/mol. The fraction of sp³-hybridized carbons (Fsp3) is 0.158. The van der Waals surface area contributed by atoms with Crippen LogP contribution in [-0.2, 0) is 4.79 Å². The number of benzene rings is 2. The molecule has 0 atom stereocenters. The topological polar surface area (TPSA) is 75.7 Å². The van der Waals surface area contributed by atoms with Gasteiger partial charge < -0.3 is 14.5 Å². The Morgan fingerprint density at radius 2 is 2.08 bits per heavy atom. The van der Waals surface area contributed by atoms with Crippen LogP contribution in [0, 0.1) is 6.92 Å². The fourth-order valence-corrected chi connectivity index (χ4v) is 2.91. The third-order valence-electron chi connectivity index (χ3n) is 3.81. The lowest BCUT2D eigenvalue weighted by atomic mass is 10.1. The van der Waals surface area contributed by atoms with E-state index < -0.39 is 0 Å². The summed E-state index contributed by atoms with van der Waals surface area (Å²) in [6.07, 6.45) is 1.63. The number of hydrazone groups is 1. The zero-order valence-corrected chi connectivity index (χ0v) is 16.0. The summed E-state index contributed by atoms with van der Waals surface area (Å²) in [5.74, 6) is 0.677. The molecule has 0 aliphatic carbocycles. The first-order chi connectivity index (χ1) is 12.6. The standard InChI is InChI=1S/C19H18BrN3O3/c1-12-15(14-5-3-4-6-16(14)22-12)10-21-23-19(24)11-26-17-8-7-13(20)9-18(17)25-2/h3-10,22H,11H2,1-2H3,(H,23,24)/b21-10-. The first-order valence-corrected chi connectivity index (χ1v) is 8.73. The smallest absolute Gasteiger partial charge is 0.277 e. The molecule has 0 spiro atoms. The van der Waals surface area contributed by atoms with E-state index in [9.17, 15) is 4.79 Å². The van der Waals surface area contributed by atoms with Gasteiger partial charge in [0.1, 0.15) is 0 Å². The summed E-state index contributed by atoms with van der Waals surface area (Å²) >= 11 is 3.36. The van der Waals surface area contributed by atoms with Crippen LogP contribution < -0.4 is 14.9 Å². The Hall–Kier alpha value is -2.80. The van der Waals surface area contributed by atoms with Crippen LogP contribution in [0.1, 0.15) is 11.3 Å². The quantitative estimate of drug-likeness (QED) is 0.475. The molecule has 134 valence electrons. The average molecular weight is 416 g/mol. The number of ether oxygens (including phenoxy) is 2. The van der Waals surface area contributed by atoms with E-state index in [1.807, 2.05) is 37.3 Å². The molecule has 0 saturated heterocycles. The van der Waals surface area contributed by atoms with Crippen molar-refractivity contribution >= 4 is 39.0 Å². The van der Waals surface area contributed by atoms with Crippen LogP contribution in [0.15, 0.2) is 52.0 Å². The Morgan fingerprint density at radius 3 is 2.88 bits per heavy atom. The predicted octanol–water partition coefficient (Wildman–Crippen LogP) is 3.78. The largest absolute Gasteiger partial charge is 0.493 e. The van der Waals surface area contributed by atoms with Crippen molar-refractivity contribution in [2.45, 2.75) is 6.92 Å². The second-order valence-corrected chi connectivity index (χ2v) is 6.50. The van der Waals surface area contributed by atoms with E-state index in [1.54, 1.807) is 25.5 Å². The molecule has 0 radical (unpaired) electrons. The van der Waals surface area contributed by atoms with Crippen LogP contribution in [0.5, 0.6) is 11.5 Å². The van der Waals surface area contributed by atoms with Crippen molar-refractivity contribution in [1.29, 1.82) is 0 Å². The number of carbonyl (C=O) groups is 1. The first-order valence-electron chi connectivity index (χ1n) is 7.94. The average Bonchev–Trinajstić information content (AvgIpc) is 2.96. The number of halogens is 1. The van der Waals surface area contributed by atoms with Gasteiger partial charge in [0, 0.05) is 26.6 Å². The van der Waals surface area contributed by atoms with Crippen LogP contribution in [0.25, 0.3) is 10.9 Å². The summed E-state index contributed by atoms with van der Waals surface area (Å²) in [7, 11) is 1.54. The molecule has 0 saturated carbocycles. The van der Waals surface area contributed by atoms with Crippen molar-refractivity contribution in [1.82, 2.24) is 10.4 Å². The maximum Gasteiger partial charge on any atom is 0.277 e. The summed E-state index contributed by atoms with van der Waals surface area (Å²) in [6.45, 7) is 1.80. The van der Waals surface area contributed by atoms with Gasteiger partial charge in [0.25, 0.3) is 5.91 Å². The van der Waals surface area contributed by atoms with E-state index in [2.05, 4.69) is 31.4 Å². The molecule has 3 aromatic rings. The number of carbonyl (C=O) groups excluding carboxylic acids is 1. The Balaban J connectivity index is 1.60. The summed E-state index contributed by atoms with van der Waals surface area (Å²) in [4.78, 5) is 15.2. The van der Waals surface area contributed by atoms with Crippen molar-refractivity contribution in [2.75, 3.05) is 13.7 Å². The lowest BCUT2D eigenvalue weighted by Crippen LogP contribution is -2.24. The number of hydrogen-bond donors (Lipinski definition) is 2. The number of aryl methyl sites for hydroxylation is 1. The van der Waals surface area contributed by atoms with Crippen molar-refractivity contribution < 1.29 is 14.3 Å². The Kier molecular flexibility index (Phi) is 5.58. The van der Waals surface area contributed by atoms with E-state index in [0.29, 0.717) is 11.5 Å². The van der Waals surface area contributed by atoms with Gasteiger partial charge in [0.2, 0.25) is 0 Å². The minimum absolute atomic E-state index is 0.164. The number of H-pyrrole nitrogens is 1. The third kappa shape index (κ3) is 4.05. The van der Waals surface area contributed by atoms with Crippen molar-refractivity contribution in [3.8, 4) is 11.5 Å². The summed E-state index contributed by atoms with van der Waals surface area (Å²) in [5.41, 5.74) is 5.43. The monoisotopic (exact) mass is 415 g/mol. The van der Waals surface area contributed by atoms with Crippen LogP contribution in [0.4, 0.5) is 0 Å². The minimum Gasteiger partial charge on any atom is -0.493 e. The van der Waals surface area contributed by atoms with E-state index in [1.165, 1.54) is 0 Å². The molecule has 1 amide bonds. The SMILES string of the molecule is COc1cc(Br)ccc1OCC(=O)N/N=C\c1c(C)[nH]c2ccccc12. The highest BCUT2D eigenvalue weighted by atomic mass is 79.9. The number of rotatable bonds is 6. The molecule has 2 N–H and O–H groups in total. The molecular formula is C19H18BrN3O3. The zero-order chi connectivity index (χ0) is 18.5. The Morgan fingerprint density at radius 1 is 1.27 bits per heavy atom. The van der Waals surface area contributed by atoms with Gasteiger partial charge in [0.05, 0.1) is 13.3 Å². The molecule has 1 heterocycles. The normalized spacial score (nSPS) is 11.0. The maximum atomic E-state index is 12.0. The number of aromatic nitrogens is 1. The van der Waals surface area contributed by atoms with Crippen LogP contribution >= 0.6 is 15.9 Å². The van der Waals surface area contributed by atoms with Crippen LogP contribution in [0.2, 0.25) is 0 Å². The summed E-state index contributed by atoms with van der Waals surface area (Å²) in [5, 5.41) is 5.08. The molecule has 1 aromatic heterocycles. The highest BCUT2D eigenvalue weighted by molar-refractivity contribution is 9.10. The van der Waals surface area contributed by atoms with Gasteiger partial charge in [-0.15, -0.1) is 0 Å². The molecule has 0 aliphatic heterocycles. The number of para-hydroxylation sites is 1. The molecule has 0 unspecified atom stereocenters. The number of methoxy groups -OCH3 is 1. The number of amides is 1.